The van der Waals surface area contributed by atoms with E-state index in [9.17, 15) is 4.79 Å². The minimum Gasteiger partial charge on any atom is -0.496 e. The third-order valence-corrected chi connectivity index (χ3v) is 4.52. The van der Waals surface area contributed by atoms with E-state index in [4.69, 9.17) is 14.2 Å². The second-order valence-corrected chi connectivity index (χ2v) is 7.52. The minimum absolute atomic E-state index is 0.104. The van der Waals surface area contributed by atoms with E-state index >= 15 is 0 Å². The van der Waals surface area contributed by atoms with Crippen LogP contribution in [0.15, 0.2) is 36.4 Å². The van der Waals surface area contributed by atoms with Gasteiger partial charge in [0.2, 0.25) is 0 Å². The molecule has 2 aromatic carbocycles. The summed E-state index contributed by atoms with van der Waals surface area (Å²) in [5.74, 6) is 1.32. The van der Waals surface area contributed by atoms with E-state index in [0.717, 1.165) is 5.56 Å². The second kappa shape index (κ2) is 8.33. The zero-order valence-corrected chi connectivity index (χ0v) is 17.3. The Morgan fingerprint density at radius 1 is 0.889 bits per heavy atom. The maximum atomic E-state index is 13.0. The largest absolute Gasteiger partial charge is 0.496 e. The van der Waals surface area contributed by atoms with Crippen LogP contribution < -0.4 is 14.2 Å². The molecule has 0 saturated carbocycles. The Morgan fingerprint density at radius 3 is 1.89 bits per heavy atom. The SMILES string of the molecule is COc1cc(OC)c(C(=O)N(C)Cc2ccc(C(C)(C)C)cc2)cc1OC. The summed E-state index contributed by atoms with van der Waals surface area (Å²) in [6.45, 7) is 7.05. The summed E-state index contributed by atoms with van der Waals surface area (Å²) in [7, 11) is 6.39. The summed E-state index contributed by atoms with van der Waals surface area (Å²) >= 11 is 0. The van der Waals surface area contributed by atoms with Crippen molar-refractivity contribution in [3.05, 3.63) is 53.1 Å². The lowest BCUT2D eigenvalue weighted by atomic mass is 9.87. The first-order valence-electron chi connectivity index (χ1n) is 8.86. The molecule has 0 unspecified atom stereocenters. The lowest BCUT2D eigenvalue weighted by Gasteiger charge is -2.22. The maximum Gasteiger partial charge on any atom is 0.257 e. The lowest BCUT2D eigenvalue weighted by Crippen LogP contribution is -2.26. The van der Waals surface area contributed by atoms with Crippen LogP contribution in [0.4, 0.5) is 0 Å². The van der Waals surface area contributed by atoms with E-state index in [1.54, 1.807) is 38.3 Å². The van der Waals surface area contributed by atoms with Gasteiger partial charge in [0.25, 0.3) is 5.91 Å². The first kappa shape index (κ1) is 20.6. The summed E-state index contributed by atoms with van der Waals surface area (Å²) in [6, 6.07) is 11.7. The molecule has 0 heterocycles. The summed E-state index contributed by atoms with van der Waals surface area (Å²) in [6.07, 6.45) is 0. The lowest BCUT2D eigenvalue weighted by molar-refractivity contribution is 0.0781. The van der Waals surface area contributed by atoms with Crippen molar-refractivity contribution in [1.82, 2.24) is 4.90 Å². The van der Waals surface area contributed by atoms with Crippen molar-refractivity contribution in [3.8, 4) is 17.2 Å². The average molecular weight is 371 g/mol. The highest BCUT2D eigenvalue weighted by Gasteiger charge is 2.21. The van der Waals surface area contributed by atoms with Gasteiger partial charge in [0.15, 0.2) is 11.5 Å². The molecule has 0 aliphatic carbocycles. The predicted molar refractivity (Wildman–Crippen MR) is 107 cm³/mol. The van der Waals surface area contributed by atoms with Crippen LogP contribution in [0.25, 0.3) is 0 Å². The Kier molecular flexibility index (Phi) is 6.37. The van der Waals surface area contributed by atoms with E-state index in [0.29, 0.717) is 29.4 Å². The van der Waals surface area contributed by atoms with Gasteiger partial charge >= 0.3 is 0 Å². The van der Waals surface area contributed by atoms with E-state index in [1.807, 2.05) is 0 Å². The number of rotatable bonds is 6. The van der Waals surface area contributed by atoms with Crippen molar-refractivity contribution in [2.75, 3.05) is 28.4 Å². The van der Waals surface area contributed by atoms with Crippen LogP contribution in [0.1, 0.15) is 42.3 Å². The first-order chi connectivity index (χ1) is 12.7. The molecule has 0 saturated heterocycles. The van der Waals surface area contributed by atoms with Gasteiger partial charge in [-0.2, -0.15) is 0 Å². The van der Waals surface area contributed by atoms with Gasteiger partial charge in [-0.1, -0.05) is 45.0 Å². The normalized spacial score (nSPS) is 11.1. The van der Waals surface area contributed by atoms with Gasteiger partial charge < -0.3 is 19.1 Å². The third-order valence-electron chi connectivity index (χ3n) is 4.52. The number of carbonyl (C=O) groups excluding carboxylic acids is 1. The maximum absolute atomic E-state index is 13.0. The van der Waals surface area contributed by atoms with Gasteiger partial charge in [-0.05, 0) is 16.5 Å². The Morgan fingerprint density at radius 2 is 1.41 bits per heavy atom. The molecular formula is C22H29NO4. The third kappa shape index (κ3) is 4.73. The molecule has 0 atom stereocenters. The highest BCUT2D eigenvalue weighted by molar-refractivity contribution is 5.97. The first-order valence-corrected chi connectivity index (χ1v) is 8.86. The molecule has 1 amide bonds. The van der Waals surface area contributed by atoms with Gasteiger partial charge in [0.05, 0.1) is 26.9 Å². The molecule has 2 aromatic rings. The van der Waals surface area contributed by atoms with Gasteiger partial charge in [0.1, 0.15) is 5.75 Å². The topological polar surface area (TPSA) is 48.0 Å². The van der Waals surface area contributed by atoms with Crippen molar-refractivity contribution < 1.29 is 19.0 Å². The zero-order chi connectivity index (χ0) is 20.2. The number of amides is 1. The molecule has 0 radical (unpaired) electrons. The number of methoxy groups -OCH3 is 3. The highest BCUT2D eigenvalue weighted by Crippen LogP contribution is 2.35. The van der Waals surface area contributed by atoms with E-state index in [-0.39, 0.29) is 11.3 Å². The zero-order valence-electron chi connectivity index (χ0n) is 17.3. The smallest absolute Gasteiger partial charge is 0.257 e. The summed E-state index contributed by atoms with van der Waals surface area (Å²) < 4.78 is 16.0. The van der Waals surface area contributed by atoms with Crippen molar-refractivity contribution >= 4 is 5.91 Å². The molecule has 0 spiro atoms. The molecule has 146 valence electrons. The summed E-state index contributed by atoms with van der Waals surface area (Å²) in [5, 5.41) is 0. The van der Waals surface area contributed by atoms with Gasteiger partial charge in [-0.3, -0.25) is 4.79 Å². The van der Waals surface area contributed by atoms with Gasteiger partial charge in [0, 0.05) is 25.7 Å². The molecule has 0 N–H and O–H groups in total. The number of benzene rings is 2. The quantitative estimate of drug-likeness (QED) is 0.760. The molecule has 27 heavy (non-hydrogen) atoms. The molecule has 0 bridgehead atoms. The molecule has 0 aromatic heterocycles. The van der Waals surface area contributed by atoms with Gasteiger partial charge in [-0.15, -0.1) is 0 Å². The molecule has 2 rings (SSSR count). The van der Waals surface area contributed by atoms with E-state index < -0.39 is 0 Å². The molecular weight excluding hydrogens is 342 g/mol. The van der Waals surface area contributed by atoms with Crippen molar-refractivity contribution in [2.24, 2.45) is 0 Å². The van der Waals surface area contributed by atoms with Crippen LogP contribution in [-0.2, 0) is 12.0 Å². The van der Waals surface area contributed by atoms with Crippen LogP contribution in [0.3, 0.4) is 0 Å². The predicted octanol–water partition coefficient (Wildman–Crippen LogP) is 4.28. The Balaban J connectivity index is 2.24. The molecule has 0 aliphatic rings. The van der Waals surface area contributed by atoms with Crippen LogP contribution in [0.2, 0.25) is 0 Å². The van der Waals surface area contributed by atoms with Crippen molar-refractivity contribution in [2.45, 2.75) is 32.7 Å². The number of hydrogen-bond donors (Lipinski definition) is 0. The molecule has 5 nitrogen and oxygen atoms in total. The van der Waals surface area contributed by atoms with Crippen LogP contribution >= 0.6 is 0 Å². The van der Waals surface area contributed by atoms with Gasteiger partial charge in [-0.25, -0.2) is 0 Å². The van der Waals surface area contributed by atoms with Crippen molar-refractivity contribution in [3.63, 3.8) is 0 Å². The monoisotopic (exact) mass is 371 g/mol. The number of hydrogen-bond acceptors (Lipinski definition) is 4. The van der Waals surface area contributed by atoms with E-state index in [1.165, 1.54) is 12.7 Å². The Bertz CT molecular complexity index is 791. The average Bonchev–Trinajstić information content (AvgIpc) is 2.65. The molecule has 0 aliphatic heterocycles. The van der Waals surface area contributed by atoms with Crippen LogP contribution in [-0.4, -0.2) is 39.2 Å². The van der Waals surface area contributed by atoms with Crippen LogP contribution in [0, 0.1) is 0 Å². The highest BCUT2D eigenvalue weighted by atomic mass is 16.5. The molecule has 5 heteroatoms. The van der Waals surface area contributed by atoms with Crippen molar-refractivity contribution in [1.29, 1.82) is 0 Å². The second-order valence-electron chi connectivity index (χ2n) is 7.52. The number of nitrogens with zero attached hydrogens (tertiary/aromatic N) is 1. The minimum atomic E-state index is -0.146. The van der Waals surface area contributed by atoms with E-state index in [2.05, 4.69) is 45.0 Å². The number of carbonyl (C=O) groups is 1. The summed E-state index contributed by atoms with van der Waals surface area (Å²) in [4.78, 5) is 14.6. The summed E-state index contributed by atoms with van der Waals surface area (Å²) in [5.41, 5.74) is 2.87. The Hall–Kier alpha value is -2.69. The fourth-order valence-electron chi connectivity index (χ4n) is 2.86. The fourth-order valence-corrected chi connectivity index (χ4v) is 2.86. The standard InChI is InChI=1S/C22H29NO4/c1-22(2,3)16-10-8-15(9-11-16)14-23(4)21(24)17-12-19(26-6)20(27-7)13-18(17)25-5/h8-13H,14H2,1-7H3. The molecule has 0 fully saturated rings. The fraction of sp³-hybridized carbons (Fsp3) is 0.409. The van der Waals surface area contributed by atoms with Crippen LogP contribution in [0.5, 0.6) is 17.2 Å². The number of ether oxygens (including phenoxy) is 3. The Labute approximate surface area is 161 Å².